The lowest BCUT2D eigenvalue weighted by molar-refractivity contribution is -0.0246. The quantitative estimate of drug-likeness (QED) is 0.476. The van der Waals surface area contributed by atoms with Gasteiger partial charge in [-0.2, -0.15) is 0 Å². The summed E-state index contributed by atoms with van der Waals surface area (Å²) in [6, 6.07) is 0. The first-order chi connectivity index (χ1) is 7.61. The molecule has 0 unspecified atom stereocenters. The van der Waals surface area contributed by atoms with Gasteiger partial charge in [0.25, 0.3) is 5.91 Å². The summed E-state index contributed by atoms with van der Waals surface area (Å²) in [7, 11) is 0. The number of primary amides is 1. The number of carbonyl (C=O) groups excluding carboxylic acids is 1. The molecule has 1 aromatic rings. The van der Waals surface area contributed by atoms with Crippen molar-refractivity contribution in [3.05, 3.63) is 11.6 Å². The van der Waals surface area contributed by atoms with Gasteiger partial charge in [-0.1, -0.05) is 0 Å². The molecule has 1 amide bonds. The molecule has 1 aliphatic rings. The van der Waals surface area contributed by atoms with Gasteiger partial charge in [0.2, 0.25) is 5.82 Å². The predicted octanol–water partition coefficient (Wildman–Crippen LogP) is -1.91. The number of aliphatic hydroxyl groups excluding tert-OH is 2. The second kappa shape index (κ2) is 4.16. The molecule has 0 aliphatic carbocycles. The summed E-state index contributed by atoms with van der Waals surface area (Å²) >= 11 is 0. The molecular formula is C8H12N4O4. The molecule has 5 N–H and O–H groups in total. The molecule has 1 saturated heterocycles. The van der Waals surface area contributed by atoms with Gasteiger partial charge in [-0.3, -0.25) is 9.89 Å². The molecule has 0 bridgehead atoms. The topological polar surface area (TPSA) is 134 Å². The fourth-order valence-corrected chi connectivity index (χ4v) is 1.60. The van der Waals surface area contributed by atoms with Gasteiger partial charge >= 0.3 is 0 Å². The standard InChI is InChI=1S/C8H12N4O4/c9-6(15)8-10-7(11-12-8)4-1-3(14)5(2-13)16-4/h3-5,13-14H,1-2H2,(H2,9,15)(H,10,11,12)/t3-,4+,5+/m1/s1. The Morgan fingerprint density at radius 1 is 1.69 bits per heavy atom. The summed E-state index contributed by atoms with van der Waals surface area (Å²) < 4.78 is 5.32. The molecular weight excluding hydrogens is 216 g/mol. The van der Waals surface area contributed by atoms with Crippen molar-refractivity contribution in [3.8, 4) is 0 Å². The molecule has 0 radical (unpaired) electrons. The van der Waals surface area contributed by atoms with Gasteiger partial charge in [0.15, 0.2) is 5.82 Å². The molecule has 1 aromatic heterocycles. The highest BCUT2D eigenvalue weighted by Gasteiger charge is 2.36. The third-order valence-electron chi connectivity index (χ3n) is 2.43. The zero-order chi connectivity index (χ0) is 11.7. The van der Waals surface area contributed by atoms with E-state index in [4.69, 9.17) is 15.6 Å². The molecule has 8 heteroatoms. The molecule has 3 atom stereocenters. The number of aliphatic hydroxyl groups is 2. The number of ether oxygens (including phenoxy) is 1. The van der Waals surface area contributed by atoms with E-state index in [0.29, 0.717) is 12.2 Å². The Morgan fingerprint density at radius 3 is 2.94 bits per heavy atom. The maximum absolute atomic E-state index is 10.8. The largest absolute Gasteiger partial charge is 0.394 e. The van der Waals surface area contributed by atoms with Crippen LogP contribution >= 0.6 is 0 Å². The second-order valence-electron chi connectivity index (χ2n) is 3.56. The average molecular weight is 228 g/mol. The van der Waals surface area contributed by atoms with E-state index in [1.54, 1.807) is 0 Å². The third-order valence-corrected chi connectivity index (χ3v) is 2.43. The van der Waals surface area contributed by atoms with Gasteiger partial charge in [0.1, 0.15) is 12.2 Å². The first-order valence-corrected chi connectivity index (χ1v) is 4.78. The van der Waals surface area contributed by atoms with Crippen molar-refractivity contribution in [2.24, 2.45) is 5.73 Å². The van der Waals surface area contributed by atoms with Crippen molar-refractivity contribution in [1.82, 2.24) is 15.2 Å². The normalized spacial score (nSPS) is 29.5. The maximum atomic E-state index is 10.8. The smallest absolute Gasteiger partial charge is 0.288 e. The van der Waals surface area contributed by atoms with Crippen LogP contribution in [-0.4, -0.2) is 50.1 Å². The fourth-order valence-electron chi connectivity index (χ4n) is 1.60. The minimum absolute atomic E-state index is 0.125. The summed E-state index contributed by atoms with van der Waals surface area (Å²) in [6.07, 6.45) is -1.60. The molecule has 88 valence electrons. The van der Waals surface area contributed by atoms with Crippen LogP contribution in [0.15, 0.2) is 0 Å². The van der Waals surface area contributed by atoms with E-state index < -0.39 is 24.2 Å². The number of H-pyrrole nitrogens is 1. The molecule has 16 heavy (non-hydrogen) atoms. The Labute approximate surface area is 90.4 Å². The van der Waals surface area contributed by atoms with Crippen molar-refractivity contribution >= 4 is 5.91 Å². The van der Waals surface area contributed by atoms with Gasteiger partial charge in [-0.15, -0.1) is 5.10 Å². The van der Waals surface area contributed by atoms with Gasteiger partial charge in [-0.25, -0.2) is 4.98 Å². The number of nitrogens with two attached hydrogens (primary N) is 1. The van der Waals surface area contributed by atoms with E-state index in [1.165, 1.54) is 0 Å². The van der Waals surface area contributed by atoms with E-state index >= 15 is 0 Å². The number of nitrogens with zero attached hydrogens (tertiary/aromatic N) is 2. The highest BCUT2D eigenvalue weighted by Crippen LogP contribution is 2.30. The number of amides is 1. The molecule has 0 aromatic carbocycles. The summed E-state index contributed by atoms with van der Waals surface area (Å²) in [6.45, 7) is -0.269. The SMILES string of the molecule is NC(=O)c1n[nH]c([C@@H]2C[C@@H](O)[C@H](CO)O2)n1. The lowest BCUT2D eigenvalue weighted by atomic mass is 10.1. The van der Waals surface area contributed by atoms with Crippen molar-refractivity contribution in [2.75, 3.05) is 6.61 Å². The number of nitrogens with one attached hydrogen (secondary N) is 1. The fraction of sp³-hybridized carbons (Fsp3) is 0.625. The summed E-state index contributed by atoms with van der Waals surface area (Å²) in [5, 5.41) is 24.5. The molecule has 0 saturated carbocycles. The molecule has 8 nitrogen and oxygen atoms in total. The number of aromatic amines is 1. The van der Waals surface area contributed by atoms with Crippen molar-refractivity contribution in [1.29, 1.82) is 0 Å². The van der Waals surface area contributed by atoms with E-state index in [2.05, 4.69) is 15.2 Å². The predicted molar refractivity (Wildman–Crippen MR) is 50.2 cm³/mol. The third kappa shape index (κ3) is 1.90. The zero-order valence-electron chi connectivity index (χ0n) is 8.33. The Kier molecular flexibility index (Phi) is 2.86. The highest BCUT2D eigenvalue weighted by atomic mass is 16.5. The first kappa shape index (κ1) is 11.0. The number of hydrogen-bond acceptors (Lipinski definition) is 6. The van der Waals surface area contributed by atoms with Crippen LogP contribution in [0.4, 0.5) is 0 Å². The van der Waals surface area contributed by atoms with Crippen LogP contribution in [0.1, 0.15) is 29.0 Å². The number of hydrogen-bond donors (Lipinski definition) is 4. The summed E-state index contributed by atoms with van der Waals surface area (Å²) in [4.78, 5) is 14.6. The maximum Gasteiger partial charge on any atom is 0.288 e. The van der Waals surface area contributed by atoms with E-state index in [0.717, 1.165) is 0 Å². The van der Waals surface area contributed by atoms with Gasteiger partial charge in [0, 0.05) is 6.42 Å². The summed E-state index contributed by atoms with van der Waals surface area (Å²) in [5.41, 5.74) is 4.99. The molecule has 2 rings (SSSR count). The first-order valence-electron chi connectivity index (χ1n) is 4.78. The van der Waals surface area contributed by atoms with Gasteiger partial charge in [-0.05, 0) is 0 Å². The van der Waals surface area contributed by atoms with Crippen LogP contribution in [0.25, 0.3) is 0 Å². The number of carbonyl (C=O) groups is 1. The lowest BCUT2D eigenvalue weighted by Crippen LogP contribution is -2.24. The Balaban J connectivity index is 2.11. The van der Waals surface area contributed by atoms with Crippen molar-refractivity contribution in [3.63, 3.8) is 0 Å². The Morgan fingerprint density at radius 2 is 2.44 bits per heavy atom. The highest BCUT2D eigenvalue weighted by molar-refractivity contribution is 5.88. The van der Waals surface area contributed by atoms with Crippen LogP contribution in [0, 0.1) is 0 Å². The molecule has 0 spiro atoms. The van der Waals surface area contributed by atoms with E-state index in [1.807, 2.05) is 0 Å². The number of aromatic nitrogens is 3. The van der Waals surface area contributed by atoms with E-state index in [-0.39, 0.29) is 12.4 Å². The monoisotopic (exact) mass is 228 g/mol. The average Bonchev–Trinajstić information content (AvgIpc) is 2.83. The second-order valence-corrected chi connectivity index (χ2v) is 3.56. The molecule has 1 aliphatic heterocycles. The Bertz CT molecular complexity index is 393. The van der Waals surface area contributed by atoms with E-state index in [9.17, 15) is 9.90 Å². The van der Waals surface area contributed by atoms with Crippen LogP contribution in [0.2, 0.25) is 0 Å². The molecule has 2 heterocycles. The van der Waals surface area contributed by atoms with Gasteiger partial charge < -0.3 is 20.7 Å². The van der Waals surface area contributed by atoms with Crippen LogP contribution in [0.3, 0.4) is 0 Å². The lowest BCUT2D eigenvalue weighted by Gasteiger charge is -2.09. The summed E-state index contributed by atoms with van der Waals surface area (Å²) in [5.74, 6) is -0.538. The zero-order valence-corrected chi connectivity index (χ0v) is 8.33. The molecule has 1 fully saturated rings. The van der Waals surface area contributed by atoms with Crippen LogP contribution in [-0.2, 0) is 4.74 Å². The minimum Gasteiger partial charge on any atom is -0.394 e. The number of rotatable bonds is 3. The Hall–Kier alpha value is -1.51. The van der Waals surface area contributed by atoms with Crippen molar-refractivity contribution in [2.45, 2.75) is 24.7 Å². The van der Waals surface area contributed by atoms with Crippen molar-refractivity contribution < 1.29 is 19.7 Å². The minimum atomic E-state index is -0.753. The van der Waals surface area contributed by atoms with Crippen LogP contribution in [0.5, 0.6) is 0 Å². The van der Waals surface area contributed by atoms with Crippen LogP contribution < -0.4 is 5.73 Å². The van der Waals surface area contributed by atoms with Gasteiger partial charge in [0.05, 0.1) is 12.7 Å².